The molecule has 3 aromatic rings. The minimum Gasteiger partial charge on any atom is -0.376 e. The number of carbonyl (C=O) groups is 1. The summed E-state index contributed by atoms with van der Waals surface area (Å²) in [6.45, 7) is 3.39. The van der Waals surface area contributed by atoms with E-state index in [2.05, 4.69) is 15.0 Å². The topological polar surface area (TPSA) is 88.2 Å². The lowest BCUT2D eigenvalue weighted by Crippen LogP contribution is -2.38. The number of para-hydroxylation sites is 1. The molecule has 30 heavy (non-hydrogen) atoms. The normalized spacial score (nSPS) is 16.3. The molecule has 1 saturated heterocycles. The summed E-state index contributed by atoms with van der Waals surface area (Å²) in [5.74, 6) is 0.469. The summed E-state index contributed by atoms with van der Waals surface area (Å²) in [6.07, 6.45) is 4.22. The van der Waals surface area contributed by atoms with Gasteiger partial charge in [0, 0.05) is 18.0 Å². The highest BCUT2D eigenvalue weighted by Crippen LogP contribution is 2.26. The first-order valence-corrected chi connectivity index (χ1v) is 11.9. The zero-order valence-electron chi connectivity index (χ0n) is 17.0. The highest BCUT2D eigenvalue weighted by molar-refractivity contribution is 8.00. The number of aryl methyl sites for hydroxylation is 1. The molecule has 1 amide bonds. The molecule has 1 aromatic carbocycles. The lowest BCUT2D eigenvalue weighted by molar-refractivity contribution is -0.132. The second-order valence-electron chi connectivity index (χ2n) is 7.31. The lowest BCUT2D eigenvalue weighted by atomic mass is 10.2. The van der Waals surface area contributed by atoms with Crippen LogP contribution in [-0.4, -0.2) is 51.3 Å². The van der Waals surface area contributed by atoms with Crippen molar-refractivity contribution in [2.45, 2.75) is 43.2 Å². The molecule has 4 rings (SSSR count). The smallest absolute Gasteiger partial charge is 0.258 e. The molecule has 0 aliphatic carbocycles. The summed E-state index contributed by atoms with van der Waals surface area (Å²) in [6, 6.07) is 7.22. The first-order chi connectivity index (χ1) is 14.5. The molecule has 1 N–H and O–H groups in total. The van der Waals surface area contributed by atoms with Gasteiger partial charge in [-0.3, -0.25) is 9.59 Å². The summed E-state index contributed by atoms with van der Waals surface area (Å²) in [4.78, 5) is 40.3. The van der Waals surface area contributed by atoms with Crippen molar-refractivity contribution in [1.82, 2.24) is 19.9 Å². The summed E-state index contributed by atoms with van der Waals surface area (Å²) < 4.78 is 6.72. The SMILES string of the molecule is CSc1nc(C)c(CC(=O)N(Cc2nc3ccccc3c(=O)[nH]2)C[C@H]2CCCO2)s1. The third kappa shape index (κ3) is 4.74. The largest absolute Gasteiger partial charge is 0.376 e. The number of hydrogen-bond acceptors (Lipinski definition) is 7. The van der Waals surface area contributed by atoms with Crippen molar-refractivity contribution < 1.29 is 9.53 Å². The highest BCUT2D eigenvalue weighted by Gasteiger charge is 2.25. The molecule has 2 aromatic heterocycles. The average Bonchev–Trinajstić information content (AvgIpc) is 3.37. The van der Waals surface area contributed by atoms with Crippen molar-refractivity contribution in [3.63, 3.8) is 0 Å². The van der Waals surface area contributed by atoms with E-state index in [1.54, 1.807) is 34.1 Å². The third-order valence-electron chi connectivity index (χ3n) is 5.16. The first-order valence-electron chi connectivity index (χ1n) is 9.91. The molecule has 0 spiro atoms. The number of rotatable bonds is 7. The van der Waals surface area contributed by atoms with E-state index < -0.39 is 0 Å². The zero-order valence-corrected chi connectivity index (χ0v) is 18.6. The maximum Gasteiger partial charge on any atom is 0.258 e. The lowest BCUT2D eigenvalue weighted by Gasteiger charge is -2.25. The minimum absolute atomic E-state index is 0.0132. The molecule has 1 aliphatic rings. The van der Waals surface area contributed by atoms with Crippen LogP contribution in [0.3, 0.4) is 0 Å². The second kappa shape index (κ2) is 9.28. The van der Waals surface area contributed by atoms with Crippen LogP contribution in [0.4, 0.5) is 0 Å². The van der Waals surface area contributed by atoms with E-state index in [0.717, 1.165) is 34.4 Å². The van der Waals surface area contributed by atoms with E-state index in [1.807, 2.05) is 31.4 Å². The van der Waals surface area contributed by atoms with Crippen molar-refractivity contribution in [1.29, 1.82) is 0 Å². The van der Waals surface area contributed by atoms with Crippen LogP contribution in [0.25, 0.3) is 10.9 Å². The van der Waals surface area contributed by atoms with E-state index in [0.29, 0.717) is 23.3 Å². The summed E-state index contributed by atoms with van der Waals surface area (Å²) in [7, 11) is 0. The molecule has 3 heterocycles. The molecule has 0 saturated carbocycles. The van der Waals surface area contributed by atoms with Crippen LogP contribution >= 0.6 is 23.1 Å². The van der Waals surface area contributed by atoms with E-state index in [9.17, 15) is 9.59 Å². The molecular weight excluding hydrogens is 420 g/mol. The Hall–Kier alpha value is -2.23. The van der Waals surface area contributed by atoms with Gasteiger partial charge in [0.05, 0.1) is 35.7 Å². The maximum absolute atomic E-state index is 13.2. The Bertz CT molecular complexity index is 1110. The van der Waals surface area contributed by atoms with Gasteiger partial charge < -0.3 is 14.6 Å². The molecule has 0 radical (unpaired) electrons. The molecule has 1 atom stereocenters. The van der Waals surface area contributed by atoms with Gasteiger partial charge in [0.25, 0.3) is 5.56 Å². The monoisotopic (exact) mass is 444 g/mol. The Balaban J connectivity index is 1.58. The number of thiazole rings is 1. The predicted molar refractivity (Wildman–Crippen MR) is 119 cm³/mol. The average molecular weight is 445 g/mol. The van der Waals surface area contributed by atoms with E-state index >= 15 is 0 Å². The van der Waals surface area contributed by atoms with Crippen LogP contribution in [0.15, 0.2) is 33.4 Å². The number of thioether (sulfide) groups is 1. The summed E-state index contributed by atoms with van der Waals surface area (Å²) >= 11 is 3.14. The van der Waals surface area contributed by atoms with Gasteiger partial charge in [0.2, 0.25) is 5.91 Å². The van der Waals surface area contributed by atoms with Crippen LogP contribution < -0.4 is 5.56 Å². The minimum atomic E-state index is -0.192. The fourth-order valence-electron chi connectivity index (χ4n) is 3.58. The Kier molecular flexibility index (Phi) is 6.50. The van der Waals surface area contributed by atoms with Gasteiger partial charge in [0.1, 0.15) is 10.2 Å². The van der Waals surface area contributed by atoms with Gasteiger partial charge in [-0.05, 0) is 38.2 Å². The number of benzene rings is 1. The third-order valence-corrected chi connectivity index (χ3v) is 7.31. The molecular formula is C21H24N4O3S2. The van der Waals surface area contributed by atoms with Crippen molar-refractivity contribution in [3.05, 3.63) is 51.0 Å². The number of ether oxygens (including phenoxy) is 1. The fraction of sp³-hybridized carbons (Fsp3) is 0.429. The molecule has 7 nitrogen and oxygen atoms in total. The van der Waals surface area contributed by atoms with Crippen LogP contribution in [0.2, 0.25) is 0 Å². The second-order valence-corrected chi connectivity index (χ2v) is 9.45. The van der Waals surface area contributed by atoms with Crippen LogP contribution in [0.1, 0.15) is 29.2 Å². The molecule has 158 valence electrons. The maximum atomic E-state index is 13.2. The Morgan fingerprint density at radius 2 is 2.20 bits per heavy atom. The highest BCUT2D eigenvalue weighted by atomic mass is 32.2. The molecule has 9 heteroatoms. The van der Waals surface area contributed by atoms with Gasteiger partial charge in [-0.2, -0.15) is 0 Å². The quantitative estimate of drug-likeness (QED) is 0.563. The number of amides is 1. The Morgan fingerprint density at radius 1 is 1.37 bits per heavy atom. The van der Waals surface area contributed by atoms with Gasteiger partial charge >= 0.3 is 0 Å². The van der Waals surface area contributed by atoms with E-state index in [1.165, 1.54) is 0 Å². The Labute approximate surface area is 182 Å². The van der Waals surface area contributed by atoms with Gasteiger partial charge in [-0.15, -0.1) is 11.3 Å². The predicted octanol–water partition coefficient (Wildman–Crippen LogP) is 3.16. The number of hydrogen-bond donors (Lipinski definition) is 1. The number of nitrogens with one attached hydrogen (secondary N) is 1. The summed E-state index contributed by atoms with van der Waals surface area (Å²) in [5.41, 5.74) is 1.33. The number of aromatic amines is 1. The summed E-state index contributed by atoms with van der Waals surface area (Å²) in [5, 5.41) is 0.545. The van der Waals surface area contributed by atoms with E-state index in [-0.39, 0.29) is 30.5 Å². The number of fused-ring (bicyclic) bond motifs is 1. The van der Waals surface area contributed by atoms with Gasteiger partial charge in [0.15, 0.2) is 0 Å². The fourth-order valence-corrected chi connectivity index (χ4v) is 5.23. The molecule has 1 fully saturated rings. The van der Waals surface area contributed by atoms with E-state index in [4.69, 9.17) is 4.74 Å². The number of carbonyl (C=O) groups excluding carboxylic acids is 1. The van der Waals surface area contributed by atoms with Crippen LogP contribution in [0, 0.1) is 6.92 Å². The van der Waals surface area contributed by atoms with Gasteiger partial charge in [-0.25, -0.2) is 9.97 Å². The standard InChI is InChI=1S/C21H24N4O3S2/c1-13-17(30-21(22-13)29-2)10-19(26)25(11-14-6-5-9-28-14)12-18-23-16-8-4-3-7-15(16)20(27)24-18/h3-4,7-8,14H,5-6,9-12H2,1-2H3,(H,23,24,27)/t14-/m1/s1. The van der Waals surface area contributed by atoms with Crippen molar-refractivity contribution >= 4 is 39.9 Å². The molecule has 0 unspecified atom stereocenters. The van der Waals surface area contributed by atoms with Crippen molar-refractivity contribution in [2.24, 2.45) is 0 Å². The number of nitrogens with zero attached hydrogens (tertiary/aromatic N) is 3. The number of H-pyrrole nitrogens is 1. The van der Waals surface area contributed by atoms with Crippen LogP contribution in [-0.2, 0) is 22.5 Å². The van der Waals surface area contributed by atoms with Crippen molar-refractivity contribution in [3.8, 4) is 0 Å². The zero-order chi connectivity index (χ0) is 21.1. The van der Waals surface area contributed by atoms with Crippen LogP contribution in [0.5, 0.6) is 0 Å². The number of aromatic nitrogens is 3. The molecule has 0 bridgehead atoms. The first kappa shape index (κ1) is 21.0. The molecule has 1 aliphatic heterocycles. The van der Waals surface area contributed by atoms with Crippen molar-refractivity contribution in [2.75, 3.05) is 19.4 Å². The van der Waals surface area contributed by atoms with Gasteiger partial charge in [-0.1, -0.05) is 23.9 Å². The Morgan fingerprint density at radius 3 is 2.93 bits per heavy atom.